The van der Waals surface area contributed by atoms with Gasteiger partial charge in [-0.25, -0.2) is 14.4 Å². The van der Waals surface area contributed by atoms with E-state index in [1.165, 1.54) is 18.9 Å². The van der Waals surface area contributed by atoms with Gasteiger partial charge < -0.3 is 15.0 Å². The van der Waals surface area contributed by atoms with Gasteiger partial charge in [0.25, 0.3) is 0 Å². The number of hydrogen-bond acceptors (Lipinski definition) is 5. The Hall–Kier alpha value is -2.70. The van der Waals surface area contributed by atoms with Crippen LogP contribution in [0.25, 0.3) is 0 Å². The summed E-state index contributed by atoms with van der Waals surface area (Å²) < 4.78 is 19.1. The first kappa shape index (κ1) is 21.5. The summed E-state index contributed by atoms with van der Waals surface area (Å²) in [4.78, 5) is 24.3. The minimum Gasteiger partial charge on any atom is -0.491 e. The summed E-state index contributed by atoms with van der Waals surface area (Å²) in [7, 11) is 0. The van der Waals surface area contributed by atoms with Gasteiger partial charge in [0.15, 0.2) is 11.6 Å². The molecular weight excluding hydrogens is 395 g/mol. The molecule has 31 heavy (non-hydrogen) atoms. The van der Waals surface area contributed by atoms with Crippen molar-refractivity contribution in [3.05, 3.63) is 47.5 Å². The van der Waals surface area contributed by atoms with Crippen LogP contribution >= 0.6 is 0 Å². The zero-order chi connectivity index (χ0) is 21.8. The van der Waals surface area contributed by atoms with Crippen LogP contribution in [0.15, 0.2) is 30.5 Å². The van der Waals surface area contributed by atoms with Crippen molar-refractivity contribution in [2.75, 3.05) is 24.6 Å². The maximum absolute atomic E-state index is 13.6. The van der Waals surface area contributed by atoms with Crippen LogP contribution in [0.4, 0.5) is 10.3 Å². The number of ether oxygens (including phenoxy) is 1. The molecular formula is C24H31FN4O2. The highest BCUT2D eigenvalue weighted by atomic mass is 19.1. The summed E-state index contributed by atoms with van der Waals surface area (Å²) in [6, 6.07) is 6.21. The van der Waals surface area contributed by atoms with E-state index in [-0.39, 0.29) is 28.9 Å². The zero-order valence-corrected chi connectivity index (χ0v) is 18.4. The summed E-state index contributed by atoms with van der Waals surface area (Å²) in [6.45, 7) is 6.75. The molecule has 1 aromatic heterocycles. The van der Waals surface area contributed by atoms with E-state index < -0.39 is 0 Å². The molecule has 1 aliphatic heterocycles. The van der Waals surface area contributed by atoms with E-state index in [1.807, 2.05) is 6.20 Å². The molecule has 6 nitrogen and oxygen atoms in total. The van der Waals surface area contributed by atoms with E-state index in [9.17, 15) is 9.18 Å². The third-order valence-electron chi connectivity index (χ3n) is 6.03. The number of halogens is 1. The molecule has 0 radical (unpaired) electrons. The first-order valence-corrected chi connectivity index (χ1v) is 11.2. The van der Waals surface area contributed by atoms with E-state index in [4.69, 9.17) is 9.72 Å². The van der Waals surface area contributed by atoms with Crippen LogP contribution in [0.3, 0.4) is 0 Å². The van der Waals surface area contributed by atoms with Crippen molar-refractivity contribution < 1.29 is 13.9 Å². The van der Waals surface area contributed by atoms with Crippen molar-refractivity contribution in [2.24, 2.45) is 5.41 Å². The molecule has 1 aromatic carbocycles. The summed E-state index contributed by atoms with van der Waals surface area (Å²) in [6.07, 6.45) is 6.85. The van der Waals surface area contributed by atoms with Gasteiger partial charge in [-0.05, 0) is 49.7 Å². The lowest BCUT2D eigenvalue weighted by molar-refractivity contribution is -0.122. The zero-order valence-electron chi connectivity index (χ0n) is 18.4. The van der Waals surface area contributed by atoms with Gasteiger partial charge in [0.05, 0.1) is 18.3 Å². The predicted octanol–water partition coefficient (Wildman–Crippen LogP) is 4.20. The van der Waals surface area contributed by atoms with Crippen LogP contribution in [0.1, 0.15) is 63.3 Å². The van der Waals surface area contributed by atoms with Crippen LogP contribution in [0, 0.1) is 11.2 Å². The highest BCUT2D eigenvalue weighted by Gasteiger charge is 2.35. The molecule has 1 N–H and O–H groups in total. The summed E-state index contributed by atoms with van der Waals surface area (Å²) in [5.41, 5.74) is 2.12. The second-order valence-electron chi connectivity index (χ2n) is 9.31. The molecule has 0 saturated carbocycles. The van der Waals surface area contributed by atoms with E-state index in [0.29, 0.717) is 19.4 Å². The van der Waals surface area contributed by atoms with Crippen LogP contribution in [-0.4, -0.2) is 35.6 Å². The summed E-state index contributed by atoms with van der Waals surface area (Å²) >= 11 is 0. The number of nitrogens with zero attached hydrogens (tertiary/aromatic N) is 3. The smallest absolute Gasteiger partial charge is 0.225 e. The Morgan fingerprint density at radius 3 is 2.84 bits per heavy atom. The highest BCUT2D eigenvalue weighted by Crippen LogP contribution is 2.40. The van der Waals surface area contributed by atoms with Gasteiger partial charge >= 0.3 is 0 Å². The van der Waals surface area contributed by atoms with Crippen molar-refractivity contribution in [1.82, 2.24) is 15.3 Å². The molecule has 7 heteroatoms. The number of amides is 1. The first-order chi connectivity index (χ1) is 14.9. The summed E-state index contributed by atoms with van der Waals surface area (Å²) in [5.74, 6) is 0.608. The number of benzene rings is 1. The molecule has 4 rings (SSSR count). The molecule has 0 spiro atoms. The fourth-order valence-electron chi connectivity index (χ4n) is 4.48. The van der Waals surface area contributed by atoms with E-state index >= 15 is 0 Å². The number of anilines is 1. The van der Waals surface area contributed by atoms with Crippen LogP contribution in [0.2, 0.25) is 0 Å². The Bertz CT molecular complexity index is 928. The lowest BCUT2D eigenvalue weighted by Gasteiger charge is -2.36. The van der Waals surface area contributed by atoms with Gasteiger partial charge in [0.2, 0.25) is 11.9 Å². The van der Waals surface area contributed by atoms with Crippen LogP contribution < -0.4 is 15.0 Å². The van der Waals surface area contributed by atoms with Crippen molar-refractivity contribution >= 4 is 11.9 Å². The second kappa shape index (κ2) is 9.20. The molecule has 0 bridgehead atoms. The Labute approximate surface area is 183 Å². The number of carbonyl (C=O) groups excluding carboxylic acids is 1. The molecule has 1 amide bonds. The van der Waals surface area contributed by atoms with Gasteiger partial charge in [-0.3, -0.25) is 4.79 Å². The van der Waals surface area contributed by atoms with Gasteiger partial charge in [-0.1, -0.05) is 26.0 Å². The quantitative estimate of drug-likeness (QED) is 0.672. The molecule has 1 fully saturated rings. The van der Waals surface area contributed by atoms with Crippen molar-refractivity contribution in [3.63, 3.8) is 0 Å². The molecule has 2 aliphatic rings. The molecule has 1 saturated heterocycles. The first-order valence-electron chi connectivity index (χ1n) is 11.2. The number of nitrogens with one attached hydrogen (secondary N) is 1. The molecule has 0 unspecified atom stereocenters. The second-order valence-corrected chi connectivity index (χ2v) is 9.31. The van der Waals surface area contributed by atoms with Crippen LogP contribution in [0.5, 0.6) is 5.75 Å². The van der Waals surface area contributed by atoms with E-state index in [2.05, 4.69) is 29.0 Å². The molecule has 2 aromatic rings. The number of rotatable bonds is 7. The maximum Gasteiger partial charge on any atom is 0.225 e. The van der Waals surface area contributed by atoms with Crippen LogP contribution in [-0.2, 0) is 11.2 Å². The average molecular weight is 427 g/mol. The SMILES string of the molecule is CC1(C)Cc2nc(N3CCCC3)ncc2[C@@H](NC(=O)CCCOc2ccccc2F)C1. The van der Waals surface area contributed by atoms with Gasteiger partial charge in [0, 0.05) is 31.3 Å². The van der Waals surface area contributed by atoms with Gasteiger partial charge in [-0.2, -0.15) is 0 Å². The molecule has 1 atom stereocenters. The number of aromatic nitrogens is 2. The van der Waals surface area contributed by atoms with E-state index in [1.54, 1.807) is 18.2 Å². The number of carbonyl (C=O) groups is 1. The minimum atomic E-state index is -0.388. The van der Waals surface area contributed by atoms with Crippen molar-refractivity contribution in [2.45, 2.75) is 58.4 Å². The van der Waals surface area contributed by atoms with Gasteiger partial charge in [-0.15, -0.1) is 0 Å². The molecule has 2 heterocycles. The van der Waals surface area contributed by atoms with E-state index in [0.717, 1.165) is 43.1 Å². The number of fused-ring (bicyclic) bond motifs is 1. The molecule has 166 valence electrons. The lowest BCUT2D eigenvalue weighted by atomic mass is 9.74. The Morgan fingerprint density at radius 2 is 2.06 bits per heavy atom. The average Bonchev–Trinajstić information content (AvgIpc) is 3.26. The van der Waals surface area contributed by atoms with Crippen molar-refractivity contribution in [1.29, 1.82) is 0 Å². The standard InChI is InChI=1S/C24H31FN4O2/c1-24(2)14-19(17-16-26-23(28-20(17)15-24)29-11-5-6-12-29)27-22(30)10-7-13-31-21-9-4-3-8-18(21)25/h3-4,8-9,16,19H,5-7,10-15H2,1-2H3,(H,27,30)/t19-/m0/s1. The maximum atomic E-state index is 13.6. The molecule has 1 aliphatic carbocycles. The Kier molecular flexibility index (Phi) is 6.39. The normalized spacial score (nSPS) is 19.7. The monoisotopic (exact) mass is 426 g/mol. The fourth-order valence-corrected chi connectivity index (χ4v) is 4.48. The van der Waals surface area contributed by atoms with Gasteiger partial charge in [0.1, 0.15) is 0 Å². The van der Waals surface area contributed by atoms with Crippen molar-refractivity contribution in [3.8, 4) is 5.75 Å². The largest absolute Gasteiger partial charge is 0.491 e. The number of hydrogen-bond donors (Lipinski definition) is 1. The third kappa shape index (κ3) is 5.32. The number of para-hydroxylation sites is 1. The Morgan fingerprint density at radius 1 is 1.29 bits per heavy atom. The summed E-state index contributed by atoms with van der Waals surface area (Å²) in [5, 5.41) is 3.17. The third-order valence-corrected chi connectivity index (χ3v) is 6.03. The Balaban J connectivity index is 1.35. The fraction of sp³-hybridized carbons (Fsp3) is 0.542. The lowest BCUT2D eigenvalue weighted by Crippen LogP contribution is -2.37. The predicted molar refractivity (Wildman–Crippen MR) is 118 cm³/mol. The topological polar surface area (TPSA) is 67.4 Å². The highest BCUT2D eigenvalue weighted by molar-refractivity contribution is 5.76. The minimum absolute atomic E-state index is 0.0330.